The van der Waals surface area contributed by atoms with E-state index in [0.29, 0.717) is 19.0 Å². The zero-order valence-corrected chi connectivity index (χ0v) is 17.3. The number of benzene rings is 1. The summed E-state index contributed by atoms with van der Waals surface area (Å²) >= 11 is 1.92. The number of ether oxygens (including phenoxy) is 1. The topological polar surface area (TPSA) is 53.6 Å². The molecule has 2 N–H and O–H groups in total. The van der Waals surface area contributed by atoms with Gasteiger partial charge in [0.15, 0.2) is 0 Å². The molecular formula is C18H29Cl2N3O2S. The third-order valence-corrected chi connectivity index (χ3v) is 5.72. The van der Waals surface area contributed by atoms with E-state index in [1.807, 2.05) is 17.8 Å². The molecule has 0 aromatic heterocycles. The number of rotatable bonds is 6. The summed E-state index contributed by atoms with van der Waals surface area (Å²) in [7, 11) is 0. The van der Waals surface area contributed by atoms with Crippen LogP contribution in [0.4, 0.5) is 0 Å². The Hall–Kier alpha value is -0.500. The first kappa shape index (κ1) is 23.5. The molecule has 0 spiro atoms. The van der Waals surface area contributed by atoms with Crippen LogP contribution in [0.15, 0.2) is 30.3 Å². The van der Waals surface area contributed by atoms with Crippen LogP contribution in [-0.2, 0) is 9.53 Å². The number of carbonyl (C=O) groups excluding carboxylic acids is 1. The zero-order valence-electron chi connectivity index (χ0n) is 14.9. The minimum atomic E-state index is 0. The average Bonchev–Trinajstić information content (AvgIpc) is 2.64. The molecule has 2 aliphatic heterocycles. The van der Waals surface area contributed by atoms with Gasteiger partial charge in [-0.25, -0.2) is 0 Å². The normalized spacial score (nSPS) is 21.8. The molecule has 0 bridgehead atoms. The molecule has 0 saturated carbocycles. The summed E-state index contributed by atoms with van der Waals surface area (Å²) in [6.07, 6.45) is 0.567. The Morgan fingerprint density at radius 3 is 2.65 bits per heavy atom. The SMILES string of the molecule is Cl.Cl.O=C(CC1CSCCN1)NCC(c1ccccc1)N1CCOCC1. The smallest absolute Gasteiger partial charge is 0.221 e. The van der Waals surface area contributed by atoms with Crippen LogP contribution in [0.5, 0.6) is 0 Å². The fraction of sp³-hybridized carbons (Fsp3) is 0.611. The fourth-order valence-electron chi connectivity index (χ4n) is 3.28. The molecule has 2 heterocycles. The van der Waals surface area contributed by atoms with E-state index in [4.69, 9.17) is 4.74 Å². The molecule has 0 radical (unpaired) electrons. The van der Waals surface area contributed by atoms with Crippen molar-refractivity contribution in [3.05, 3.63) is 35.9 Å². The Kier molecular flexibility index (Phi) is 11.6. The van der Waals surface area contributed by atoms with Crippen molar-refractivity contribution in [1.82, 2.24) is 15.5 Å². The van der Waals surface area contributed by atoms with Crippen molar-refractivity contribution in [2.45, 2.75) is 18.5 Å². The van der Waals surface area contributed by atoms with E-state index in [9.17, 15) is 4.79 Å². The van der Waals surface area contributed by atoms with E-state index < -0.39 is 0 Å². The molecule has 1 aromatic rings. The predicted molar refractivity (Wildman–Crippen MR) is 113 cm³/mol. The first-order valence-corrected chi connectivity index (χ1v) is 9.93. The van der Waals surface area contributed by atoms with Crippen molar-refractivity contribution in [2.75, 3.05) is 50.9 Å². The highest BCUT2D eigenvalue weighted by molar-refractivity contribution is 7.99. The molecule has 2 aliphatic rings. The highest BCUT2D eigenvalue weighted by Crippen LogP contribution is 2.21. The van der Waals surface area contributed by atoms with Gasteiger partial charge in [-0.3, -0.25) is 9.69 Å². The van der Waals surface area contributed by atoms with Crippen LogP contribution in [0.25, 0.3) is 0 Å². The number of hydrogen-bond donors (Lipinski definition) is 2. The fourth-order valence-corrected chi connectivity index (χ4v) is 4.23. The van der Waals surface area contributed by atoms with Crippen molar-refractivity contribution in [1.29, 1.82) is 0 Å². The first-order chi connectivity index (χ1) is 11.8. The summed E-state index contributed by atoms with van der Waals surface area (Å²) < 4.78 is 5.47. The second-order valence-corrected chi connectivity index (χ2v) is 7.46. The number of nitrogens with one attached hydrogen (secondary N) is 2. The lowest BCUT2D eigenvalue weighted by Gasteiger charge is -2.35. The largest absolute Gasteiger partial charge is 0.379 e. The number of amides is 1. The number of nitrogens with zero attached hydrogens (tertiary/aromatic N) is 1. The minimum absolute atomic E-state index is 0. The van der Waals surface area contributed by atoms with Gasteiger partial charge in [-0.15, -0.1) is 24.8 Å². The first-order valence-electron chi connectivity index (χ1n) is 8.77. The molecule has 8 heteroatoms. The lowest BCUT2D eigenvalue weighted by atomic mass is 10.0. The molecule has 0 aliphatic carbocycles. The highest BCUT2D eigenvalue weighted by Gasteiger charge is 2.24. The van der Waals surface area contributed by atoms with Crippen molar-refractivity contribution in [3.8, 4) is 0 Å². The molecule has 5 nitrogen and oxygen atoms in total. The van der Waals surface area contributed by atoms with E-state index >= 15 is 0 Å². The van der Waals surface area contributed by atoms with Gasteiger partial charge in [0.1, 0.15) is 0 Å². The van der Waals surface area contributed by atoms with Gasteiger partial charge < -0.3 is 15.4 Å². The molecule has 2 atom stereocenters. The van der Waals surface area contributed by atoms with Gasteiger partial charge in [0, 0.05) is 50.1 Å². The molecule has 2 unspecified atom stereocenters. The van der Waals surface area contributed by atoms with Gasteiger partial charge in [0.2, 0.25) is 5.91 Å². The Labute approximate surface area is 172 Å². The maximum atomic E-state index is 12.3. The van der Waals surface area contributed by atoms with Crippen LogP contribution in [0.3, 0.4) is 0 Å². The Bertz CT molecular complexity index is 512. The molecule has 2 saturated heterocycles. The lowest BCUT2D eigenvalue weighted by molar-refractivity contribution is -0.121. The molecule has 3 rings (SSSR count). The maximum absolute atomic E-state index is 12.3. The second-order valence-electron chi connectivity index (χ2n) is 6.31. The lowest BCUT2D eigenvalue weighted by Crippen LogP contribution is -2.45. The van der Waals surface area contributed by atoms with Crippen LogP contribution in [0, 0.1) is 0 Å². The highest BCUT2D eigenvalue weighted by atomic mass is 35.5. The average molecular weight is 422 g/mol. The van der Waals surface area contributed by atoms with Gasteiger partial charge in [-0.05, 0) is 5.56 Å². The number of halogens is 2. The van der Waals surface area contributed by atoms with E-state index in [0.717, 1.165) is 44.4 Å². The Morgan fingerprint density at radius 2 is 2.00 bits per heavy atom. The van der Waals surface area contributed by atoms with Gasteiger partial charge in [0.05, 0.1) is 19.3 Å². The number of morpholine rings is 1. The summed E-state index contributed by atoms with van der Waals surface area (Å²) in [4.78, 5) is 14.7. The van der Waals surface area contributed by atoms with Crippen LogP contribution in [-0.4, -0.2) is 67.7 Å². The summed E-state index contributed by atoms with van der Waals surface area (Å²) in [6.45, 7) is 5.01. The van der Waals surface area contributed by atoms with Crippen LogP contribution >= 0.6 is 36.6 Å². The van der Waals surface area contributed by atoms with Gasteiger partial charge >= 0.3 is 0 Å². The monoisotopic (exact) mass is 421 g/mol. The minimum Gasteiger partial charge on any atom is -0.379 e. The molecule has 1 aromatic carbocycles. The van der Waals surface area contributed by atoms with Crippen molar-refractivity contribution in [3.63, 3.8) is 0 Å². The molecule has 26 heavy (non-hydrogen) atoms. The number of thioether (sulfide) groups is 1. The maximum Gasteiger partial charge on any atom is 0.221 e. The summed E-state index contributed by atoms with van der Waals surface area (Å²) in [5.74, 6) is 2.31. The second kappa shape index (κ2) is 12.8. The Morgan fingerprint density at radius 1 is 1.27 bits per heavy atom. The summed E-state index contributed by atoms with van der Waals surface area (Å²) in [5.41, 5.74) is 1.26. The number of carbonyl (C=O) groups is 1. The molecular weight excluding hydrogens is 393 g/mol. The van der Waals surface area contributed by atoms with E-state index in [-0.39, 0.29) is 36.8 Å². The van der Waals surface area contributed by atoms with Crippen molar-refractivity contribution in [2.24, 2.45) is 0 Å². The predicted octanol–water partition coefficient (Wildman–Crippen LogP) is 2.11. The van der Waals surface area contributed by atoms with Crippen molar-refractivity contribution < 1.29 is 9.53 Å². The van der Waals surface area contributed by atoms with Crippen molar-refractivity contribution >= 4 is 42.5 Å². The van der Waals surface area contributed by atoms with Gasteiger partial charge in [-0.1, -0.05) is 30.3 Å². The molecule has 2 fully saturated rings. The van der Waals surface area contributed by atoms with E-state index in [1.54, 1.807) is 0 Å². The Balaban J connectivity index is 0.00000169. The van der Waals surface area contributed by atoms with Crippen LogP contribution < -0.4 is 10.6 Å². The summed E-state index contributed by atoms with van der Waals surface area (Å²) in [6, 6.07) is 11.0. The third kappa shape index (κ3) is 7.25. The van der Waals surface area contributed by atoms with Gasteiger partial charge in [0.25, 0.3) is 0 Å². The number of hydrogen-bond acceptors (Lipinski definition) is 5. The van der Waals surface area contributed by atoms with E-state index in [1.165, 1.54) is 5.56 Å². The molecule has 148 valence electrons. The zero-order chi connectivity index (χ0) is 16.6. The summed E-state index contributed by atoms with van der Waals surface area (Å²) in [5, 5.41) is 6.58. The standard InChI is InChI=1S/C18H27N3O2S.2ClH/c22-18(12-16-14-24-11-6-19-16)20-13-17(15-4-2-1-3-5-15)21-7-9-23-10-8-21;;/h1-5,16-17,19H,6-14H2,(H,20,22);2*1H. The molecule has 1 amide bonds. The quantitative estimate of drug-likeness (QED) is 0.736. The third-order valence-electron chi connectivity index (χ3n) is 4.59. The van der Waals surface area contributed by atoms with Crippen LogP contribution in [0.1, 0.15) is 18.0 Å². The van der Waals surface area contributed by atoms with E-state index in [2.05, 4.69) is 39.8 Å². The van der Waals surface area contributed by atoms with Crippen LogP contribution in [0.2, 0.25) is 0 Å². The van der Waals surface area contributed by atoms with Gasteiger partial charge in [-0.2, -0.15) is 11.8 Å².